The molecule has 2 aliphatic heterocycles. The van der Waals surface area contributed by atoms with E-state index in [2.05, 4.69) is 10.3 Å². The highest BCUT2D eigenvalue weighted by molar-refractivity contribution is 5.93. The van der Waals surface area contributed by atoms with Crippen molar-refractivity contribution in [2.45, 2.75) is 56.6 Å². The van der Waals surface area contributed by atoms with Gasteiger partial charge in [-0.05, 0) is 49.3 Å². The minimum absolute atomic E-state index is 0.00665. The number of aryl methyl sites for hydroxylation is 1. The summed E-state index contributed by atoms with van der Waals surface area (Å²) in [6.45, 7) is 1.48. The normalized spacial score (nSPS) is 28.8. The maximum absolute atomic E-state index is 13.4. The molecule has 152 valence electrons. The molecule has 1 saturated heterocycles. The molecule has 0 radical (unpaired) electrons. The van der Waals surface area contributed by atoms with Crippen molar-refractivity contribution < 1.29 is 9.90 Å². The Morgan fingerprint density at radius 1 is 1.10 bits per heavy atom. The van der Waals surface area contributed by atoms with Gasteiger partial charge in [0.05, 0.1) is 5.60 Å². The van der Waals surface area contributed by atoms with Crippen molar-refractivity contribution in [1.82, 2.24) is 9.88 Å². The summed E-state index contributed by atoms with van der Waals surface area (Å²) in [6.07, 6.45) is 6.83. The number of benzene rings is 1. The third-order valence-corrected chi connectivity index (χ3v) is 7.12. The number of pyridine rings is 1. The third-order valence-electron chi connectivity index (χ3n) is 7.12. The number of nitrogens with zero attached hydrogens (tertiary/aromatic N) is 2. The number of carbonyl (C=O) groups excluding carboxylic acids is 1. The van der Waals surface area contributed by atoms with Crippen LogP contribution in [0.25, 0.3) is 0 Å². The fraction of sp³-hybridized carbons (Fsp3) is 0.500. The highest BCUT2D eigenvalue weighted by atomic mass is 16.3. The lowest BCUT2D eigenvalue weighted by atomic mass is 9.66. The molecule has 3 unspecified atom stereocenters. The van der Waals surface area contributed by atoms with Gasteiger partial charge in [-0.15, -0.1) is 0 Å². The lowest BCUT2D eigenvalue weighted by Crippen LogP contribution is -2.59. The van der Waals surface area contributed by atoms with E-state index >= 15 is 0 Å². The summed E-state index contributed by atoms with van der Waals surface area (Å²) in [4.78, 5) is 20.1. The van der Waals surface area contributed by atoms with E-state index in [-0.39, 0.29) is 17.9 Å². The molecule has 3 aliphatic rings. The number of anilines is 1. The van der Waals surface area contributed by atoms with E-state index < -0.39 is 5.60 Å². The van der Waals surface area contributed by atoms with Gasteiger partial charge in [0.25, 0.3) is 5.91 Å². The number of fused-ring (bicyclic) bond motifs is 2. The van der Waals surface area contributed by atoms with Gasteiger partial charge in [0, 0.05) is 25.0 Å². The summed E-state index contributed by atoms with van der Waals surface area (Å²) in [5.74, 6) is 0.944. The fourth-order valence-electron chi connectivity index (χ4n) is 5.62. The molecular formula is C24H29N3O2. The minimum Gasteiger partial charge on any atom is -0.385 e. The van der Waals surface area contributed by atoms with Crippen LogP contribution in [-0.2, 0) is 12.0 Å². The van der Waals surface area contributed by atoms with Gasteiger partial charge in [-0.25, -0.2) is 4.98 Å². The third kappa shape index (κ3) is 3.21. The molecule has 5 nitrogen and oxygen atoms in total. The molecule has 5 rings (SSSR count). The molecule has 3 atom stereocenters. The van der Waals surface area contributed by atoms with Crippen LogP contribution in [0.5, 0.6) is 0 Å². The molecule has 0 spiro atoms. The lowest BCUT2D eigenvalue weighted by molar-refractivity contribution is -0.110. The molecule has 29 heavy (non-hydrogen) atoms. The number of nitrogens with one attached hydrogen (secondary N) is 1. The van der Waals surface area contributed by atoms with E-state index in [1.807, 2.05) is 47.4 Å². The van der Waals surface area contributed by atoms with E-state index in [0.29, 0.717) is 18.7 Å². The van der Waals surface area contributed by atoms with Crippen molar-refractivity contribution in [2.75, 3.05) is 18.4 Å². The Hall–Kier alpha value is -2.40. The summed E-state index contributed by atoms with van der Waals surface area (Å²) in [6, 6.07) is 14.0. The van der Waals surface area contributed by atoms with Crippen molar-refractivity contribution in [1.29, 1.82) is 0 Å². The van der Waals surface area contributed by atoms with E-state index in [1.165, 1.54) is 5.56 Å². The number of aromatic nitrogens is 1. The van der Waals surface area contributed by atoms with Crippen molar-refractivity contribution in [2.24, 2.45) is 5.92 Å². The zero-order chi connectivity index (χ0) is 19.8. The van der Waals surface area contributed by atoms with Crippen LogP contribution >= 0.6 is 0 Å². The molecular weight excluding hydrogens is 362 g/mol. The monoisotopic (exact) mass is 391 g/mol. The van der Waals surface area contributed by atoms with Crippen molar-refractivity contribution in [3.63, 3.8) is 0 Å². The molecule has 0 bridgehead atoms. The highest BCUT2D eigenvalue weighted by Crippen LogP contribution is 2.47. The number of hydrogen-bond acceptors (Lipinski definition) is 4. The van der Waals surface area contributed by atoms with Gasteiger partial charge in [0.1, 0.15) is 11.5 Å². The maximum Gasteiger partial charge on any atom is 0.272 e. The van der Waals surface area contributed by atoms with Crippen LogP contribution in [-0.4, -0.2) is 40.0 Å². The smallest absolute Gasteiger partial charge is 0.272 e. The van der Waals surface area contributed by atoms with Crippen LogP contribution < -0.4 is 5.32 Å². The van der Waals surface area contributed by atoms with Crippen LogP contribution in [0.1, 0.15) is 60.1 Å². The second kappa shape index (κ2) is 7.45. The van der Waals surface area contributed by atoms with Gasteiger partial charge in [0.15, 0.2) is 0 Å². The lowest BCUT2D eigenvalue weighted by Gasteiger charge is -2.52. The standard InChI is InChI=1S/C24H29N3O2/c28-23(20-13-12-17-7-6-15-25-22(17)26-20)27-16-14-24(29,18-8-2-1-3-9-18)19-10-4-5-11-21(19)27/h1-3,8-9,12-13,19,21,29H,4-7,10-11,14-16H2,(H,25,26). The predicted octanol–water partition coefficient (Wildman–Crippen LogP) is 3.73. The first-order valence-corrected chi connectivity index (χ1v) is 11.0. The second-order valence-electron chi connectivity index (χ2n) is 8.73. The summed E-state index contributed by atoms with van der Waals surface area (Å²) in [7, 11) is 0. The molecule has 3 heterocycles. The zero-order valence-corrected chi connectivity index (χ0v) is 16.8. The second-order valence-corrected chi connectivity index (χ2v) is 8.73. The summed E-state index contributed by atoms with van der Waals surface area (Å²) >= 11 is 0. The number of likely N-dealkylation sites (tertiary alicyclic amines) is 1. The van der Waals surface area contributed by atoms with Crippen molar-refractivity contribution in [3.05, 3.63) is 59.3 Å². The first-order valence-electron chi connectivity index (χ1n) is 11.0. The Morgan fingerprint density at radius 3 is 2.79 bits per heavy atom. The van der Waals surface area contributed by atoms with E-state index in [4.69, 9.17) is 0 Å². The van der Waals surface area contributed by atoms with Crippen molar-refractivity contribution >= 4 is 11.7 Å². The number of carbonyl (C=O) groups is 1. The summed E-state index contributed by atoms with van der Waals surface area (Å²) < 4.78 is 0. The molecule has 2 N–H and O–H groups in total. The molecule has 1 aromatic heterocycles. The van der Waals surface area contributed by atoms with Crippen LogP contribution in [0, 0.1) is 5.92 Å². The van der Waals surface area contributed by atoms with Crippen molar-refractivity contribution in [3.8, 4) is 0 Å². The van der Waals surface area contributed by atoms with Gasteiger partial charge in [-0.1, -0.05) is 49.2 Å². The molecule has 1 aromatic carbocycles. The van der Waals surface area contributed by atoms with Gasteiger partial charge < -0.3 is 15.3 Å². The van der Waals surface area contributed by atoms with Crippen LogP contribution in [0.15, 0.2) is 42.5 Å². The Labute approximate surface area is 172 Å². The first kappa shape index (κ1) is 18.6. The van der Waals surface area contributed by atoms with Crippen LogP contribution in [0.4, 0.5) is 5.82 Å². The largest absolute Gasteiger partial charge is 0.385 e. The SMILES string of the molecule is O=C(c1ccc2c(n1)NCCC2)N1CCC(O)(c2ccccc2)C2CCCCC21. The number of aliphatic hydroxyl groups is 1. The van der Waals surface area contributed by atoms with Gasteiger partial charge >= 0.3 is 0 Å². The quantitative estimate of drug-likeness (QED) is 0.819. The average Bonchev–Trinajstić information content (AvgIpc) is 2.79. The van der Waals surface area contributed by atoms with E-state index in [1.54, 1.807) is 0 Å². The summed E-state index contributed by atoms with van der Waals surface area (Å²) in [5.41, 5.74) is 1.85. The van der Waals surface area contributed by atoms with Gasteiger partial charge in [-0.3, -0.25) is 4.79 Å². The molecule has 2 aromatic rings. The predicted molar refractivity (Wildman–Crippen MR) is 113 cm³/mol. The van der Waals surface area contributed by atoms with Crippen LogP contribution in [0.2, 0.25) is 0 Å². The minimum atomic E-state index is -0.853. The molecule has 1 aliphatic carbocycles. The number of amides is 1. The van der Waals surface area contributed by atoms with Crippen LogP contribution in [0.3, 0.4) is 0 Å². The summed E-state index contributed by atoms with van der Waals surface area (Å²) in [5, 5.41) is 15.0. The average molecular weight is 392 g/mol. The van der Waals surface area contributed by atoms with Gasteiger partial charge in [-0.2, -0.15) is 0 Å². The highest BCUT2D eigenvalue weighted by Gasteiger charge is 2.50. The van der Waals surface area contributed by atoms with E-state index in [9.17, 15) is 9.90 Å². The first-order chi connectivity index (χ1) is 14.2. The molecule has 1 amide bonds. The fourth-order valence-corrected chi connectivity index (χ4v) is 5.62. The molecule has 5 heteroatoms. The molecule has 2 fully saturated rings. The Balaban J connectivity index is 1.44. The number of piperidine rings is 1. The maximum atomic E-state index is 13.4. The zero-order valence-electron chi connectivity index (χ0n) is 16.8. The Bertz CT molecular complexity index is 900. The topological polar surface area (TPSA) is 65.5 Å². The number of hydrogen-bond donors (Lipinski definition) is 2. The Kier molecular flexibility index (Phi) is 4.78. The Morgan fingerprint density at radius 2 is 1.93 bits per heavy atom. The number of rotatable bonds is 2. The van der Waals surface area contributed by atoms with Gasteiger partial charge in [0.2, 0.25) is 0 Å². The molecule has 1 saturated carbocycles. The van der Waals surface area contributed by atoms with E-state index in [0.717, 1.165) is 56.5 Å².